The first kappa shape index (κ1) is 13.0. The van der Waals surface area contributed by atoms with Crippen molar-refractivity contribution in [3.63, 3.8) is 0 Å². The van der Waals surface area contributed by atoms with Crippen LogP contribution in [0.3, 0.4) is 0 Å². The summed E-state index contributed by atoms with van der Waals surface area (Å²) in [5.74, 6) is -0.946. The summed E-state index contributed by atoms with van der Waals surface area (Å²) in [5, 5.41) is 10.6. The maximum atomic E-state index is 10.6. The van der Waals surface area contributed by atoms with Gasteiger partial charge in [0.2, 0.25) is 0 Å². The molecule has 2 bridgehead atoms. The summed E-state index contributed by atoms with van der Waals surface area (Å²) in [6.45, 7) is 2.47. The highest BCUT2D eigenvalue weighted by Gasteiger charge is 2.38. The largest absolute Gasteiger partial charge is 0.490 e. The van der Waals surface area contributed by atoms with Gasteiger partial charge in [0.05, 0.1) is 0 Å². The average Bonchev–Trinajstić information content (AvgIpc) is 2.17. The molecule has 2 unspecified atom stereocenters. The fraction of sp³-hybridized carbons (Fsp3) is 0.700. The SMILES string of the molecule is C1=CC2CNCC(C1)C2.O=C(O)C(F)(F)F. The molecule has 0 spiro atoms. The number of alkyl halides is 3. The number of aliphatic carboxylic acids is 1. The molecule has 0 aromatic heterocycles. The zero-order valence-electron chi connectivity index (χ0n) is 8.63. The van der Waals surface area contributed by atoms with E-state index in [1.165, 1.54) is 25.9 Å². The van der Waals surface area contributed by atoms with Gasteiger partial charge in [0.1, 0.15) is 0 Å². The van der Waals surface area contributed by atoms with Gasteiger partial charge in [-0.3, -0.25) is 0 Å². The summed E-state index contributed by atoms with van der Waals surface area (Å²) in [7, 11) is 0. The summed E-state index contributed by atoms with van der Waals surface area (Å²) < 4.78 is 31.7. The molecule has 0 radical (unpaired) electrons. The predicted molar refractivity (Wildman–Crippen MR) is 51.9 cm³/mol. The molecule has 92 valence electrons. The van der Waals surface area contributed by atoms with Crippen molar-refractivity contribution in [3.8, 4) is 0 Å². The van der Waals surface area contributed by atoms with Crippen LogP contribution in [0.25, 0.3) is 0 Å². The lowest BCUT2D eigenvalue weighted by Gasteiger charge is -2.30. The van der Waals surface area contributed by atoms with Crippen molar-refractivity contribution >= 4 is 5.97 Å². The molecule has 6 heteroatoms. The number of fused-ring (bicyclic) bond motifs is 2. The van der Waals surface area contributed by atoms with Gasteiger partial charge in [-0.15, -0.1) is 0 Å². The predicted octanol–water partition coefficient (Wildman–Crippen LogP) is 1.81. The Morgan fingerprint density at radius 2 is 2.00 bits per heavy atom. The fourth-order valence-electron chi connectivity index (χ4n) is 1.86. The molecule has 2 rings (SSSR count). The van der Waals surface area contributed by atoms with E-state index >= 15 is 0 Å². The van der Waals surface area contributed by atoms with E-state index in [2.05, 4.69) is 17.5 Å². The van der Waals surface area contributed by atoms with E-state index in [9.17, 15) is 13.2 Å². The van der Waals surface area contributed by atoms with Crippen molar-refractivity contribution in [1.29, 1.82) is 0 Å². The molecule has 0 amide bonds. The van der Waals surface area contributed by atoms with Gasteiger partial charge in [-0.25, -0.2) is 4.79 Å². The van der Waals surface area contributed by atoms with Gasteiger partial charge < -0.3 is 10.4 Å². The molecular formula is C10H14F3NO2. The third-order valence-corrected chi connectivity index (χ3v) is 2.60. The van der Waals surface area contributed by atoms with Crippen molar-refractivity contribution < 1.29 is 23.1 Å². The van der Waals surface area contributed by atoms with Gasteiger partial charge in [-0.05, 0) is 31.2 Å². The molecule has 2 atom stereocenters. The Bertz CT molecular complexity index is 276. The first-order valence-electron chi connectivity index (χ1n) is 5.07. The number of piperidine rings is 1. The van der Waals surface area contributed by atoms with Gasteiger partial charge in [-0.1, -0.05) is 12.2 Å². The lowest BCUT2D eigenvalue weighted by molar-refractivity contribution is -0.192. The van der Waals surface area contributed by atoms with E-state index in [1.54, 1.807) is 0 Å². The van der Waals surface area contributed by atoms with Crippen LogP contribution in [-0.4, -0.2) is 30.3 Å². The zero-order chi connectivity index (χ0) is 12.2. The molecule has 1 heterocycles. The van der Waals surface area contributed by atoms with Crippen LogP contribution in [0.4, 0.5) is 13.2 Å². The number of halogens is 3. The number of carboxylic acids is 1. The van der Waals surface area contributed by atoms with Crippen molar-refractivity contribution in [2.45, 2.75) is 19.0 Å². The molecule has 2 N–H and O–H groups in total. The molecule has 0 saturated carbocycles. The molecule has 0 aromatic carbocycles. The van der Waals surface area contributed by atoms with E-state index < -0.39 is 12.1 Å². The van der Waals surface area contributed by atoms with E-state index in [0.717, 1.165) is 11.8 Å². The maximum absolute atomic E-state index is 10.6. The smallest absolute Gasteiger partial charge is 0.475 e. The highest BCUT2D eigenvalue weighted by atomic mass is 19.4. The van der Waals surface area contributed by atoms with Crippen LogP contribution in [0, 0.1) is 11.8 Å². The number of allylic oxidation sites excluding steroid dienone is 1. The lowest BCUT2D eigenvalue weighted by Crippen LogP contribution is -2.36. The summed E-state index contributed by atoms with van der Waals surface area (Å²) in [6, 6.07) is 0. The third-order valence-electron chi connectivity index (χ3n) is 2.60. The first-order valence-corrected chi connectivity index (χ1v) is 5.07. The molecule has 1 fully saturated rings. The minimum Gasteiger partial charge on any atom is -0.475 e. The molecule has 1 aliphatic heterocycles. The first-order chi connectivity index (χ1) is 7.39. The number of carboxylic acid groups (broad SMARTS) is 1. The topological polar surface area (TPSA) is 49.3 Å². The highest BCUT2D eigenvalue weighted by molar-refractivity contribution is 5.73. The zero-order valence-corrected chi connectivity index (χ0v) is 8.63. The van der Waals surface area contributed by atoms with Crippen LogP contribution in [0.5, 0.6) is 0 Å². The molecule has 1 aliphatic carbocycles. The summed E-state index contributed by atoms with van der Waals surface area (Å²) in [5.41, 5.74) is 0. The van der Waals surface area contributed by atoms with Crippen molar-refractivity contribution in [1.82, 2.24) is 5.32 Å². The second-order valence-electron chi connectivity index (χ2n) is 3.99. The lowest BCUT2D eigenvalue weighted by atomic mass is 9.84. The Hall–Kier alpha value is -1.04. The Kier molecular flexibility index (Phi) is 4.35. The van der Waals surface area contributed by atoms with E-state index in [1.807, 2.05) is 0 Å². The van der Waals surface area contributed by atoms with Gasteiger partial charge in [0, 0.05) is 6.54 Å². The number of nitrogens with one attached hydrogen (secondary N) is 1. The quantitative estimate of drug-likeness (QED) is 0.632. The van der Waals surface area contributed by atoms with E-state index in [0.29, 0.717) is 0 Å². The van der Waals surface area contributed by atoms with Gasteiger partial charge in [0.15, 0.2) is 0 Å². The fourth-order valence-corrected chi connectivity index (χ4v) is 1.86. The van der Waals surface area contributed by atoms with Crippen LogP contribution >= 0.6 is 0 Å². The second kappa shape index (κ2) is 5.34. The third kappa shape index (κ3) is 4.22. The van der Waals surface area contributed by atoms with Crippen LogP contribution in [0.1, 0.15) is 12.8 Å². The Labute approximate surface area is 91.3 Å². The number of carbonyl (C=O) groups is 1. The average molecular weight is 237 g/mol. The Balaban J connectivity index is 0.000000168. The number of hydrogen-bond acceptors (Lipinski definition) is 2. The van der Waals surface area contributed by atoms with Crippen LogP contribution in [0.15, 0.2) is 12.2 Å². The minimum absolute atomic E-state index is 0.859. The maximum Gasteiger partial charge on any atom is 0.490 e. The molecule has 2 aliphatic rings. The molecular weight excluding hydrogens is 223 g/mol. The molecule has 16 heavy (non-hydrogen) atoms. The second-order valence-corrected chi connectivity index (χ2v) is 3.99. The summed E-state index contributed by atoms with van der Waals surface area (Å²) in [6.07, 6.45) is 2.37. The van der Waals surface area contributed by atoms with Crippen LogP contribution in [0.2, 0.25) is 0 Å². The van der Waals surface area contributed by atoms with Crippen molar-refractivity contribution in [2.75, 3.05) is 13.1 Å². The minimum atomic E-state index is -5.08. The highest BCUT2D eigenvalue weighted by Crippen LogP contribution is 2.25. The van der Waals surface area contributed by atoms with Gasteiger partial charge in [0.25, 0.3) is 0 Å². The molecule has 3 nitrogen and oxygen atoms in total. The van der Waals surface area contributed by atoms with Crippen molar-refractivity contribution in [2.24, 2.45) is 11.8 Å². The summed E-state index contributed by atoms with van der Waals surface area (Å²) >= 11 is 0. The monoisotopic (exact) mass is 237 g/mol. The number of rotatable bonds is 0. The standard InChI is InChI=1S/C8H13N.C2HF3O2/c1-2-7-4-8(3-1)6-9-5-7;3-2(4,5)1(6)7/h1-2,7-9H,3-6H2;(H,6,7). The van der Waals surface area contributed by atoms with Crippen LogP contribution in [-0.2, 0) is 4.79 Å². The number of hydrogen-bond donors (Lipinski definition) is 2. The van der Waals surface area contributed by atoms with E-state index in [-0.39, 0.29) is 0 Å². The normalized spacial score (nSPS) is 27.9. The molecule has 0 aromatic rings. The Morgan fingerprint density at radius 3 is 2.44 bits per heavy atom. The summed E-state index contributed by atoms with van der Waals surface area (Å²) in [4.78, 5) is 8.90. The molecule has 1 saturated heterocycles. The van der Waals surface area contributed by atoms with Gasteiger partial charge in [-0.2, -0.15) is 13.2 Å². The van der Waals surface area contributed by atoms with E-state index in [4.69, 9.17) is 9.90 Å². The van der Waals surface area contributed by atoms with Crippen LogP contribution < -0.4 is 5.32 Å². The Morgan fingerprint density at radius 1 is 1.38 bits per heavy atom. The van der Waals surface area contributed by atoms with Crippen molar-refractivity contribution in [3.05, 3.63) is 12.2 Å². The van der Waals surface area contributed by atoms with Gasteiger partial charge >= 0.3 is 12.1 Å².